The molecule has 0 aromatic carbocycles. The van der Waals surface area contributed by atoms with Crippen LogP contribution in [0.1, 0.15) is 19.8 Å². The predicted octanol–water partition coefficient (Wildman–Crippen LogP) is 3.58. The van der Waals surface area contributed by atoms with Gasteiger partial charge in [-0.3, -0.25) is 4.79 Å². The van der Waals surface area contributed by atoms with Crippen molar-refractivity contribution in [3.8, 4) is 0 Å². The molecule has 0 fully saturated rings. The smallest absolute Gasteiger partial charge is 0.288 e. The first-order chi connectivity index (χ1) is 7.07. The first kappa shape index (κ1) is 15.6. The van der Waals surface area contributed by atoms with Crippen molar-refractivity contribution in [1.29, 1.82) is 0 Å². The van der Waals surface area contributed by atoms with Crippen molar-refractivity contribution >= 4 is 16.9 Å². The molecule has 0 unspecified atom stereocenters. The fraction of sp³-hybridized carbons (Fsp3) is 0.875. The number of rotatable bonds is 6. The van der Waals surface area contributed by atoms with Crippen molar-refractivity contribution in [3.05, 3.63) is 0 Å². The minimum atomic E-state index is -4.70. The van der Waals surface area contributed by atoms with E-state index in [1.54, 1.807) is 0 Å². The highest BCUT2D eigenvalue weighted by molar-refractivity contribution is 8.13. The molecule has 0 aliphatic heterocycles. The first-order valence-corrected chi connectivity index (χ1v) is 5.22. The zero-order valence-electron chi connectivity index (χ0n) is 8.28. The van der Waals surface area contributed by atoms with Gasteiger partial charge in [-0.1, -0.05) is 11.8 Å². The fourth-order valence-electron chi connectivity index (χ4n) is 0.854. The van der Waals surface area contributed by atoms with Gasteiger partial charge in [0.05, 0.1) is 6.42 Å². The van der Waals surface area contributed by atoms with E-state index in [0.717, 1.165) is 6.92 Å². The fourth-order valence-corrected chi connectivity index (χ4v) is 1.54. The number of hydrogen-bond donors (Lipinski definition) is 0. The molecule has 8 heteroatoms. The van der Waals surface area contributed by atoms with Crippen molar-refractivity contribution < 1.29 is 31.1 Å². The van der Waals surface area contributed by atoms with E-state index in [0.29, 0.717) is 11.8 Å². The molecule has 0 heterocycles. The summed E-state index contributed by atoms with van der Waals surface area (Å²) in [4.78, 5) is 10.4. The number of thioether (sulfide) groups is 1. The largest absolute Gasteiger partial charge is 0.313 e. The minimum absolute atomic E-state index is 0.373. The molecular formula is C8H10F6OS. The van der Waals surface area contributed by atoms with E-state index in [9.17, 15) is 31.1 Å². The maximum absolute atomic E-state index is 12.8. The lowest BCUT2D eigenvalue weighted by atomic mass is 10.1. The summed E-state index contributed by atoms with van der Waals surface area (Å²) in [5.41, 5.74) is 0. The molecule has 0 radical (unpaired) electrons. The second-order valence-corrected chi connectivity index (χ2v) is 4.46. The summed E-state index contributed by atoms with van der Waals surface area (Å²) in [6.45, 7) is 1.14. The number of hydrogen-bond acceptors (Lipinski definition) is 2. The van der Waals surface area contributed by atoms with Crippen LogP contribution in [0.3, 0.4) is 0 Å². The Morgan fingerprint density at radius 3 is 2.12 bits per heavy atom. The topological polar surface area (TPSA) is 17.1 Å². The lowest BCUT2D eigenvalue weighted by Gasteiger charge is -2.22. The molecule has 0 aliphatic rings. The maximum atomic E-state index is 12.8. The van der Waals surface area contributed by atoms with Crippen LogP contribution in [-0.2, 0) is 4.79 Å². The van der Waals surface area contributed by atoms with Crippen molar-refractivity contribution in [2.75, 3.05) is 5.75 Å². The van der Waals surface area contributed by atoms with E-state index in [1.165, 1.54) is 0 Å². The molecule has 0 bridgehead atoms. The molecule has 96 valence electrons. The lowest BCUT2D eigenvalue weighted by Crippen LogP contribution is -2.35. The third-order valence-corrected chi connectivity index (χ3v) is 2.40. The van der Waals surface area contributed by atoms with Crippen LogP contribution in [0.5, 0.6) is 0 Å². The lowest BCUT2D eigenvalue weighted by molar-refractivity contribution is -0.179. The van der Waals surface area contributed by atoms with E-state index in [4.69, 9.17) is 0 Å². The van der Waals surface area contributed by atoms with Gasteiger partial charge in [0.1, 0.15) is 0 Å². The Labute approximate surface area is 92.6 Å². The highest BCUT2D eigenvalue weighted by atomic mass is 32.2. The van der Waals surface area contributed by atoms with Gasteiger partial charge in [-0.25, -0.2) is 26.3 Å². The van der Waals surface area contributed by atoms with Crippen LogP contribution in [0.4, 0.5) is 26.3 Å². The Hall–Kier alpha value is -0.400. The summed E-state index contributed by atoms with van der Waals surface area (Å²) in [5.74, 6) is -8.98. The second kappa shape index (κ2) is 5.79. The number of carbonyl (C=O) groups excluding carboxylic acids is 1. The van der Waals surface area contributed by atoms with Crippen molar-refractivity contribution in [1.82, 2.24) is 0 Å². The highest BCUT2D eigenvalue weighted by Gasteiger charge is 2.49. The molecule has 0 atom stereocenters. The van der Waals surface area contributed by atoms with Gasteiger partial charge in [0.2, 0.25) is 0 Å². The normalized spacial score (nSPS) is 13.2. The van der Waals surface area contributed by atoms with Crippen LogP contribution in [0.2, 0.25) is 0 Å². The molecule has 0 N–H and O–H groups in total. The average molecular weight is 268 g/mol. The Balaban J connectivity index is 4.18. The SMILES string of the molecule is CC(=O)SCCC(F)(F)CC(F)(F)C(F)F. The summed E-state index contributed by atoms with van der Waals surface area (Å²) in [5, 5.41) is -0.434. The molecule has 0 saturated heterocycles. The summed E-state index contributed by atoms with van der Waals surface area (Å²) >= 11 is 0.541. The van der Waals surface area contributed by atoms with Crippen molar-refractivity contribution in [2.24, 2.45) is 0 Å². The molecule has 16 heavy (non-hydrogen) atoms. The van der Waals surface area contributed by atoms with E-state index in [-0.39, 0.29) is 5.75 Å². The summed E-state index contributed by atoms with van der Waals surface area (Å²) in [6, 6.07) is 0. The zero-order valence-corrected chi connectivity index (χ0v) is 9.10. The van der Waals surface area contributed by atoms with Crippen LogP contribution in [0.25, 0.3) is 0 Å². The summed E-state index contributed by atoms with van der Waals surface area (Å²) in [7, 11) is 0. The first-order valence-electron chi connectivity index (χ1n) is 4.24. The number of halogens is 6. The highest BCUT2D eigenvalue weighted by Crippen LogP contribution is 2.37. The van der Waals surface area contributed by atoms with Crippen LogP contribution >= 0.6 is 11.8 Å². The van der Waals surface area contributed by atoms with Gasteiger partial charge in [0.25, 0.3) is 5.92 Å². The van der Waals surface area contributed by atoms with E-state index < -0.39 is 36.2 Å². The molecule has 0 rings (SSSR count). The summed E-state index contributed by atoms with van der Waals surface area (Å²) in [6.07, 6.45) is -7.34. The maximum Gasteiger partial charge on any atom is 0.313 e. The minimum Gasteiger partial charge on any atom is -0.288 e. The van der Waals surface area contributed by atoms with Crippen molar-refractivity contribution in [2.45, 2.75) is 38.0 Å². The Kier molecular flexibility index (Phi) is 5.64. The van der Waals surface area contributed by atoms with Gasteiger partial charge in [-0.15, -0.1) is 0 Å². The van der Waals surface area contributed by atoms with Crippen LogP contribution in [0.15, 0.2) is 0 Å². The molecule has 0 aromatic rings. The number of alkyl halides is 6. The number of carbonyl (C=O) groups is 1. The van der Waals surface area contributed by atoms with Gasteiger partial charge >= 0.3 is 12.3 Å². The molecule has 0 saturated carbocycles. The zero-order chi connectivity index (χ0) is 13.0. The standard InChI is InChI=1S/C8H10F6OS/c1-5(15)16-3-2-7(11,12)4-8(13,14)6(9)10/h6H,2-4H2,1H3. The molecule has 0 aromatic heterocycles. The van der Waals surface area contributed by atoms with Crippen LogP contribution in [-0.4, -0.2) is 29.1 Å². The molecular weight excluding hydrogens is 258 g/mol. The molecule has 1 nitrogen and oxygen atoms in total. The van der Waals surface area contributed by atoms with Crippen LogP contribution in [0, 0.1) is 0 Å². The molecule has 0 amide bonds. The van der Waals surface area contributed by atoms with Gasteiger partial charge in [0, 0.05) is 19.1 Å². The average Bonchev–Trinajstić information content (AvgIpc) is 1.99. The quantitative estimate of drug-likeness (QED) is 0.685. The molecule has 0 aliphatic carbocycles. The Morgan fingerprint density at radius 2 is 1.75 bits per heavy atom. The molecule has 0 spiro atoms. The van der Waals surface area contributed by atoms with Crippen LogP contribution < -0.4 is 0 Å². The monoisotopic (exact) mass is 268 g/mol. The van der Waals surface area contributed by atoms with E-state index in [2.05, 4.69) is 0 Å². The van der Waals surface area contributed by atoms with Gasteiger partial charge in [-0.2, -0.15) is 0 Å². The second-order valence-electron chi connectivity index (χ2n) is 3.18. The Morgan fingerprint density at radius 1 is 1.25 bits per heavy atom. The summed E-state index contributed by atoms with van der Waals surface area (Å²) < 4.78 is 73.5. The van der Waals surface area contributed by atoms with Gasteiger partial charge in [0.15, 0.2) is 5.12 Å². The van der Waals surface area contributed by atoms with Crippen molar-refractivity contribution in [3.63, 3.8) is 0 Å². The van der Waals surface area contributed by atoms with Gasteiger partial charge < -0.3 is 0 Å². The van der Waals surface area contributed by atoms with E-state index >= 15 is 0 Å². The van der Waals surface area contributed by atoms with Gasteiger partial charge in [-0.05, 0) is 0 Å². The van der Waals surface area contributed by atoms with E-state index in [1.807, 2.05) is 0 Å². The Bertz CT molecular complexity index is 243. The predicted molar refractivity (Wildman–Crippen MR) is 48.3 cm³/mol. The third-order valence-electron chi connectivity index (χ3n) is 1.59. The third kappa shape index (κ3) is 6.24.